The molecule has 1 fully saturated rings. The van der Waals surface area contributed by atoms with Crippen LogP contribution in [0.1, 0.15) is 23.7 Å². The molecular formula is C16H23BrFN3O. The molecule has 1 aromatic rings. The number of amides is 1. The minimum absolute atomic E-state index is 0.226. The molecule has 1 saturated heterocycles. The number of likely N-dealkylation sites (N-methyl/N-ethyl adjacent to an activating group) is 1. The van der Waals surface area contributed by atoms with Crippen molar-refractivity contribution < 1.29 is 9.18 Å². The number of carbonyl (C=O) groups excluding carboxylic acids is 1. The molecule has 1 N–H and O–H groups in total. The summed E-state index contributed by atoms with van der Waals surface area (Å²) in [6, 6.07) is 4.22. The van der Waals surface area contributed by atoms with Gasteiger partial charge in [0, 0.05) is 42.8 Å². The van der Waals surface area contributed by atoms with Crippen molar-refractivity contribution in [3.63, 3.8) is 0 Å². The Hall–Kier alpha value is -0.980. The van der Waals surface area contributed by atoms with E-state index in [0.717, 1.165) is 45.7 Å². The SMILES string of the molecule is CCN1CCN(CCCNC(=O)c2cc(F)cc(Br)c2)CC1. The summed E-state index contributed by atoms with van der Waals surface area (Å²) < 4.78 is 13.8. The molecule has 0 aromatic heterocycles. The summed E-state index contributed by atoms with van der Waals surface area (Å²) in [5.74, 6) is -0.635. The van der Waals surface area contributed by atoms with E-state index in [4.69, 9.17) is 0 Å². The zero-order valence-corrected chi connectivity index (χ0v) is 14.5. The maximum absolute atomic E-state index is 13.3. The lowest BCUT2D eigenvalue weighted by Crippen LogP contribution is -2.46. The van der Waals surface area contributed by atoms with E-state index in [1.807, 2.05) is 0 Å². The molecule has 1 aromatic carbocycles. The summed E-state index contributed by atoms with van der Waals surface area (Å²) >= 11 is 3.20. The summed E-state index contributed by atoms with van der Waals surface area (Å²) in [4.78, 5) is 16.8. The average molecular weight is 372 g/mol. The van der Waals surface area contributed by atoms with E-state index in [-0.39, 0.29) is 5.91 Å². The molecule has 122 valence electrons. The number of carbonyl (C=O) groups is 1. The van der Waals surface area contributed by atoms with Crippen LogP contribution in [-0.2, 0) is 0 Å². The smallest absolute Gasteiger partial charge is 0.251 e. The maximum atomic E-state index is 13.3. The molecule has 4 nitrogen and oxygen atoms in total. The van der Waals surface area contributed by atoms with Gasteiger partial charge in [0.05, 0.1) is 0 Å². The third kappa shape index (κ3) is 5.34. The Balaban J connectivity index is 1.67. The topological polar surface area (TPSA) is 35.6 Å². The molecule has 0 bridgehead atoms. The molecular weight excluding hydrogens is 349 g/mol. The summed E-state index contributed by atoms with van der Waals surface area (Å²) in [6.45, 7) is 9.35. The summed E-state index contributed by atoms with van der Waals surface area (Å²) in [5, 5.41) is 2.85. The normalized spacial score (nSPS) is 16.7. The number of halogens is 2. The van der Waals surface area contributed by atoms with Crippen LogP contribution in [0.25, 0.3) is 0 Å². The van der Waals surface area contributed by atoms with Gasteiger partial charge in [0.15, 0.2) is 0 Å². The number of piperazine rings is 1. The van der Waals surface area contributed by atoms with Gasteiger partial charge < -0.3 is 15.1 Å². The van der Waals surface area contributed by atoms with Crippen LogP contribution in [0, 0.1) is 5.82 Å². The zero-order valence-electron chi connectivity index (χ0n) is 12.9. The molecule has 0 radical (unpaired) electrons. The van der Waals surface area contributed by atoms with E-state index in [9.17, 15) is 9.18 Å². The highest BCUT2D eigenvalue weighted by atomic mass is 79.9. The molecule has 0 spiro atoms. The monoisotopic (exact) mass is 371 g/mol. The van der Waals surface area contributed by atoms with Crippen LogP contribution in [0.5, 0.6) is 0 Å². The predicted molar refractivity (Wildman–Crippen MR) is 89.6 cm³/mol. The summed E-state index contributed by atoms with van der Waals surface area (Å²) in [6.07, 6.45) is 0.911. The van der Waals surface area contributed by atoms with Gasteiger partial charge in [0.2, 0.25) is 0 Å². The van der Waals surface area contributed by atoms with Crippen LogP contribution in [-0.4, -0.2) is 61.5 Å². The lowest BCUT2D eigenvalue weighted by Gasteiger charge is -2.33. The third-order valence-electron chi connectivity index (χ3n) is 3.97. The number of nitrogens with one attached hydrogen (secondary N) is 1. The van der Waals surface area contributed by atoms with E-state index in [0.29, 0.717) is 16.6 Å². The number of hydrogen-bond donors (Lipinski definition) is 1. The molecule has 0 aliphatic carbocycles. The summed E-state index contributed by atoms with van der Waals surface area (Å²) in [7, 11) is 0. The van der Waals surface area contributed by atoms with Crippen LogP contribution in [0.3, 0.4) is 0 Å². The van der Waals surface area contributed by atoms with Crippen molar-refractivity contribution in [1.29, 1.82) is 0 Å². The molecule has 0 saturated carbocycles. The first kappa shape index (κ1) is 17.4. The van der Waals surface area contributed by atoms with Crippen LogP contribution in [0.4, 0.5) is 4.39 Å². The van der Waals surface area contributed by atoms with Gasteiger partial charge in [-0.2, -0.15) is 0 Å². The molecule has 1 amide bonds. The molecule has 22 heavy (non-hydrogen) atoms. The fraction of sp³-hybridized carbons (Fsp3) is 0.562. The summed E-state index contributed by atoms with van der Waals surface area (Å²) in [5.41, 5.74) is 0.350. The fourth-order valence-corrected chi connectivity index (χ4v) is 3.09. The molecule has 2 rings (SSSR count). The van der Waals surface area contributed by atoms with Gasteiger partial charge in [-0.15, -0.1) is 0 Å². The van der Waals surface area contributed by atoms with Crippen LogP contribution < -0.4 is 5.32 Å². The molecule has 1 heterocycles. The van der Waals surface area contributed by atoms with E-state index in [1.165, 1.54) is 12.1 Å². The molecule has 0 unspecified atom stereocenters. The number of rotatable bonds is 6. The largest absolute Gasteiger partial charge is 0.352 e. The Morgan fingerprint density at radius 3 is 2.55 bits per heavy atom. The van der Waals surface area contributed by atoms with Gasteiger partial charge in [-0.05, 0) is 37.7 Å². The lowest BCUT2D eigenvalue weighted by molar-refractivity contribution is 0.0947. The van der Waals surface area contributed by atoms with Crippen molar-refractivity contribution in [1.82, 2.24) is 15.1 Å². The van der Waals surface area contributed by atoms with E-state index >= 15 is 0 Å². The Kier molecular flexibility index (Phi) is 6.79. The zero-order chi connectivity index (χ0) is 15.9. The van der Waals surface area contributed by atoms with Gasteiger partial charge in [0.25, 0.3) is 5.91 Å². The van der Waals surface area contributed by atoms with Crippen molar-refractivity contribution >= 4 is 21.8 Å². The second-order valence-electron chi connectivity index (χ2n) is 5.54. The van der Waals surface area contributed by atoms with Crippen molar-refractivity contribution in [2.24, 2.45) is 0 Å². The Morgan fingerprint density at radius 2 is 1.91 bits per heavy atom. The van der Waals surface area contributed by atoms with Gasteiger partial charge in [-0.1, -0.05) is 22.9 Å². The van der Waals surface area contributed by atoms with Gasteiger partial charge >= 0.3 is 0 Å². The standard InChI is InChI=1S/C16H23BrFN3O/c1-2-20-6-8-21(9-7-20)5-3-4-19-16(22)13-10-14(17)12-15(18)11-13/h10-12H,2-9H2,1H3,(H,19,22). The molecule has 1 aliphatic rings. The van der Waals surface area contributed by atoms with Gasteiger partial charge in [0.1, 0.15) is 5.82 Å². The number of hydrogen-bond acceptors (Lipinski definition) is 3. The minimum atomic E-state index is -0.409. The Morgan fingerprint density at radius 1 is 1.23 bits per heavy atom. The number of benzene rings is 1. The highest BCUT2D eigenvalue weighted by Crippen LogP contribution is 2.14. The second-order valence-corrected chi connectivity index (χ2v) is 6.46. The quantitative estimate of drug-likeness (QED) is 0.779. The second kappa shape index (κ2) is 8.60. The first-order valence-electron chi connectivity index (χ1n) is 7.77. The molecule has 1 aliphatic heterocycles. The van der Waals surface area contributed by atoms with Crippen molar-refractivity contribution in [2.45, 2.75) is 13.3 Å². The van der Waals surface area contributed by atoms with Crippen molar-refractivity contribution in [3.05, 3.63) is 34.1 Å². The maximum Gasteiger partial charge on any atom is 0.251 e. The van der Waals surface area contributed by atoms with Gasteiger partial charge in [-0.25, -0.2) is 4.39 Å². The predicted octanol–water partition coefficient (Wildman–Crippen LogP) is 2.35. The van der Waals surface area contributed by atoms with Crippen LogP contribution >= 0.6 is 15.9 Å². The fourth-order valence-electron chi connectivity index (χ4n) is 2.62. The van der Waals surface area contributed by atoms with Crippen molar-refractivity contribution in [3.8, 4) is 0 Å². The first-order chi connectivity index (χ1) is 10.6. The minimum Gasteiger partial charge on any atom is -0.352 e. The number of nitrogens with zero attached hydrogens (tertiary/aromatic N) is 2. The average Bonchev–Trinajstić information content (AvgIpc) is 2.51. The molecule has 0 atom stereocenters. The van der Waals surface area contributed by atoms with Crippen LogP contribution in [0.15, 0.2) is 22.7 Å². The van der Waals surface area contributed by atoms with Gasteiger partial charge in [-0.3, -0.25) is 4.79 Å². The first-order valence-corrected chi connectivity index (χ1v) is 8.57. The highest BCUT2D eigenvalue weighted by molar-refractivity contribution is 9.10. The van der Waals surface area contributed by atoms with Crippen molar-refractivity contribution in [2.75, 3.05) is 45.8 Å². The van der Waals surface area contributed by atoms with E-state index < -0.39 is 5.82 Å². The van der Waals surface area contributed by atoms with E-state index in [1.54, 1.807) is 6.07 Å². The lowest BCUT2D eigenvalue weighted by atomic mass is 10.2. The third-order valence-corrected chi connectivity index (χ3v) is 4.43. The van der Waals surface area contributed by atoms with Crippen LogP contribution in [0.2, 0.25) is 0 Å². The Bertz CT molecular complexity index is 484. The van der Waals surface area contributed by atoms with E-state index in [2.05, 4.69) is 38.0 Å². The Labute approximate surface area is 139 Å². The molecule has 6 heteroatoms. The highest BCUT2D eigenvalue weighted by Gasteiger charge is 2.14.